The summed E-state index contributed by atoms with van der Waals surface area (Å²) in [7, 11) is 1.55. The van der Waals surface area contributed by atoms with Gasteiger partial charge in [-0.2, -0.15) is 0 Å². The number of fused-ring (bicyclic) bond motifs is 1. The zero-order valence-electron chi connectivity index (χ0n) is 18.9. The number of Topliss-reactive ketones (excluding diaryl/α,β-unsaturated/α-hetero) is 1. The first-order chi connectivity index (χ1) is 16.4. The summed E-state index contributed by atoms with van der Waals surface area (Å²) in [5.74, 6) is -1.06. The molecule has 0 bridgehead atoms. The molecule has 4 aromatic rings. The van der Waals surface area contributed by atoms with E-state index < -0.39 is 17.7 Å². The number of ether oxygens (including phenoxy) is 1. The van der Waals surface area contributed by atoms with Crippen LogP contribution < -0.4 is 9.64 Å². The fourth-order valence-electron chi connectivity index (χ4n) is 4.12. The van der Waals surface area contributed by atoms with E-state index in [0.29, 0.717) is 16.4 Å². The van der Waals surface area contributed by atoms with Crippen LogP contribution in [0.2, 0.25) is 0 Å². The molecule has 1 amide bonds. The summed E-state index contributed by atoms with van der Waals surface area (Å²) in [6.07, 6.45) is 0. The van der Waals surface area contributed by atoms with Crippen LogP contribution in [0.25, 0.3) is 16.0 Å². The molecule has 0 radical (unpaired) electrons. The van der Waals surface area contributed by atoms with Crippen LogP contribution in [-0.2, 0) is 9.59 Å². The first-order valence-corrected chi connectivity index (χ1v) is 11.6. The summed E-state index contributed by atoms with van der Waals surface area (Å²) in [5, 5.41) is 11.6. The Morgan fingerprint density at radius 2 is 1.65 bits per heavy atom. The molecule has 0 spiro atoms. The van der Waals surface area contributed by atoms with Crippen LogP contribution in [0.15, 0.2) is 72.3 Å². The molecule has 5 rings (SSSR count). The molecule has 0 saturated carbocycles. The van der Waals surface area contributed by atoms with Gasteiger partial charge in [0.1, 0.15) is 11.5 Å². The third-order valence-electron chi connectivity index (χ3n) is 5.94. The normalized spacial score (nSPS) is 17.5. The highest BCUT2D eigenvalue weighted by molar-refractivity contribution is 7.22. The molecule has 1 fully saturated rings. The molecule has 170 valence electrons. The van der Waals surface area contributed by atoms with E-state index in [1.807, 2.05) is 56.3 Å². The van der Waals surface area contributed by atoms with Crippen molar-refractivity contribution in [2.75, 3.05) is 12.0 Å². The average Bonchev–Trinajstić information content (AvgIpc) is 3.37. The van der Waals surface area contributed by atoms with Gasteiger partial charge in [0.25, 0.3) is 5.78 Å². The Kier molecular flexibility index (Phi) is 5.42. The van der Waals surface area contributed by atoms with Crippen LogP contribution in [0, 0.1) is 13.8 Å². The first kappa shape index (κ1) is 21.9. The lowest BCUT2D eigenvalue weighted by molar-refractivity contribution is -0.132. The number of methoxy groups -OCH3 is 1. The molecule has 1 atom stereocenters. The number of rotatable bonds is 4. The van der Waals surface area contributed by atoms with Crippen LogP contribution in [0.4, 0.5) is 5.13 Å². The first-order valence-electron chi connectivity index (χ1n) is 10.8. The number of thiazole rings is 1. The summed E-state index contributed by atoms with van der Waals surface area (Å²) in [6.45, 7) is 3.96. The zero-order valence-corrected chi connectivity index (χ0v) is 19.7. The van der Waals surface area contributed by atoms with Crippen LogP contribution >= 0.6 is 11.3 Å². The molecule has 0 unspecified atom stereocenters. The van der Waals surface area contributed by atoms with Gasteiger partial charge in [-0.3, -0.25) is 14.5 Å². The summed E-state index contributed by atoms with van der Waals surface area (Å²) in [4.78, 5) is 32.7. The number of hydrogen-bond acceptors (Lipinski definition) is 6. The molecule has 1 aromatic heterocycles. The Morgan fingerprint density at radius 1 is 0.971 bits per heavy atom. The molecular formula is C27H22N2O4S. The number of aliphatic hydroxyl groups is 1. The van der Waals surface area contributed by atoms with Crippen LogP contribution in [-0.4, -0.2) is 28.9 Å². The third-order valence-corrected chi connectivity index (χ3v) is 6.96. The van der Waals surface area contributed by atoms with Gasteiger partial charge in [0.05, 0.1) is 28.9 Å². The number of benzene rings is 3. The third kappa shape index (κ3) is 3.64. The summed E-state index contributed by atoms with van der Waals surface area (Å²) >= 11 is 1.35. The Bertz CT molecular complexity index is 1450. The number of amides is 1. The number of carbonyl (C=O) groups is 2. The van der Waals surface area contributed by atoms with Crippen LogP contribution in [0.3, 0.4) is 0 Å². The average molecular weight is 471 g/mol. The van der Waals surface area contributed by atoms with Crippen LogP contribution in [0.1, 0.15) is 28.3 Å². The van der Waals surface area contributed by atoms with Crippen molar-refractivity contribution >= 4 is 44.1 Å². The molecule has 0 aliphatic carbocycles. The minimum atomic E-state index is -0.802. The number of nitrogens with zero attached hydrogens (tertiary/aromatic N) is 2. The van der Waals surface area contributed by atoms with E-state index >= 15 is 0 Å². The number of anilines is 1. The van der Waals surface area contributed by atoms with Crippen molar-refractivity contribution < 1.29 is 19.4 Å². The maximum atomic E-state index is 13.3. The van der Waals surface area contributed by atoms with E-state index in [1.54, 1.807) is 31.4 Å². The maximum absolute atomic E-state index is 13.3. The number of ketones is 1. The highest BCUT2D eigenvalue weighted by Gasteiger charge is 2.48. The van der Waals surface area contributed by atoms with Crippen molar-refractivity contribution in [3.05, 3.63) is 94.6 Å². The second-order valence-electron chi connectivity index (χ2n) is 8.28. The summed E-state index contributed by atoms with van der Waals surface area (Å²) in [6, 6.07) is 19.4. The van der Waals surface area contributed by atoms with Gasteiger partial charge < -0.3 is 9.84 Å². The number of aliphatic hydroxyl groups excluding tert-OH is 1. The smallest absolute Gasteiger partial charge is 0.301 e. The minimum Gasteiger partial charge on any atom is -0.507 e. The molecule has 1 saturated heterocycles. The molecule has 6 nitrogen and oxygen atoms in total. The Morgan fingerprint density at radius 3 is 2.32 bits per heavy atom. The SMILES string of the molecule is COc1ccc(/C(O)=C2\C(=O)C(=O)N(c3nc4ccc(C)cc4s3)[C@@H]2c2ccc(C)cc2)cc1. The molecule has 7 heteroatoms. The Balaban J connectivity index is 1.71. The van der Waals surface area contributed by atoms with Crippen molar-refractivity contribution in [2.24, 2.45) is 0 Å². The molecule has 2 heterocycles. The Hall–Kier alpha value is -3.97. The fraction of sp³-hybridized carbons (Fsp3) is 0.148. The number of aromatic nitrogens is 1. The molecule has 34 heavy (non-hydrogen) atoms. The van der Waals surface area contributed by atoms with Crippen molar-refractivity contribution in [3.8, 4) is 5.75 Å². The number of aryl methyl sites for hydroxylation is 2. The monoisotopic (exact) mass is 470 g/mol. The molecular weight excluding hydrogens is 448 g/mol. The van der Waals surface area contributed by atoms with E-state index in [2.05, 4.69) is 4.98 Å². The van der Waals surface area contributed by atoms with E-state index in [9.17, 15) is 14.7 Å². The lowest BCUT2D eigenvalue weighted by Crippen LogP contribution is -2.29. The van der Waals surface area contributed by atoms with Crippen molar-refractivity contribution in [3.63, 3.8) is 0 Å². The van der Waals surface area contributed by atoms with Crippen molar-refractivity contribution in [1.82, 2.24) is 4.98 Å². The van der Waals surface area contributed by atoms with Crippen molar-refractivity contribution in [1.29, 1.82) is 0 Å². The Labute approximate surface area is 200 Å². The van der Waals surface area contributed by atoms with Gasteiger partial charge in [-0.05, 0) is 61.4 Å². The van der Waals surface area contributed by atoms with Gasteiger partial charge in [-0.15, -0.1) is 0 Å². The second kappa shape index (κ2) is 8.43. The van der Waals surface area contributed by atoms with Crippen LogP contribution in [0.5, 0.6) is 5.75 Å². The lowest BCUT2D eigenvalue weighted by Gasteiger charge is -2.23. The largest absolute Gasteiger partial charge is 0.507 e. The highest BCUT2D eigenvalue weighted by Crippen LogP contribution is 2.44. The number of carbonyl (C=O) groups excluding carboxylic acids is 2. The predicted octanol–water partition coefficient (Wildman–Crippen LogP) is 5.55. The highest BCUT2D eigenvalue weighted by atomic mass is 32.1. The van der Waals surface area contributed by atoms with E-state index in [-0.39, 0.29) is 11.3 Å². The van der Waals surface area contributed by atoms with Gasteiger partial charge in [0, 0.05) is 5.56 Å². The zero-order chi connectivity index (χ0) is 24.0. The number of hydrogen-bond donors (Lipinski definition) is 1. The minimum absolute atomic E-state index is 0.0365. The topological polar surface area (TPSA) is 79.7 Å². The second-order valence-corrected chi connectivity index (χ2v) is 9.29. The van der Waals surface area contributed by atoms with E-state index in [1.165, 1.54) is 16.2 Å². The van der Waals surface area contributed by atoms with Gasteiger partial charge in [0.2, 0.25) is 0 Å². The summed E-state index contributed by atoms with van der Waals surface area (Å²) < 4.78 is 6.12. The lowest BCUT2D eigenvalue weighted by atomic mass is 9.95. The van der Waals surface area contributed by atoms with E-state index in [0.717, 1.165) is 26.9 Å². The van der Waals surface area contributed by atoms with E-state index in [4.69, 9.17) is 4.74 Å². The molecule has 1 aliphatic rings. The van der Waals surface area contributed by atoms with Gasteiger partial charge in [-0.25, -0.2) is 4.98 Å². The fourth-order valence-corrected chi connectivity index (χ4v) is 5.21. The van der Waals surface area contributed by atoms with Gasteiger partial charge in [0.15, 0.2) is 5.13 Å². The van der Waals surface area contributed by atoms with Gasteiger partial charge in [-0.1, -0.05) is 47.2 Å². The molecule has 1 N–H and O–H groups in total. The molecule has 1 aliphatic heterocycles. The predicted molar refractivity (Wildman–Crippen MR) is 133 cm³/mol. The standard InChI is InChI=1S/C27H22N2O4S/c1-15-4-7-17(8-5-15)23-22(24(30)18-9-11-19(33-3)12-10-18)25(31)26(32)29(23)27-28-20-13-6-16(2)14-21(20)34-27/h4-14,23,30H,1-3H3/b24-22+/t23-/m1/s1. The van der Waals surface area contributed by atoms with Gasteiger partial charge >= 0.3 is 5.91 Å². The quantitative estimate of drug-likeness (QED) is 0.240. The van der Waals surface area contributed by atoms with Crippen molar-refractivity contribution in [2.45, 2.75) is 19.9 Å². The summed E-state index contributed by atoms with van der Waals surface area (Å²) in [5.41, 5.74) is 4.07. The molecule has 3 aromatic carbocycles. The maximum Gasteiger partial charge on any atom is 0.301 e.